The van der Waals surface area contributed by atoms with Gasteiger partial charge in [-0.1, -0.05) is 285 Å². The molecule has 0 spiro atoms. The number of nitrogens with one attached hydrogen (secondary N) is 1. The largest absolute Gasteiger partial charge is 0.472 e. The second-order valence-electron chi connectivity index (χ2n) is 23.1. The van der Waals surface area contributed by atoms with Crippen LogP contribution >= 0.6 is 7.82 Å². The van der Waals surface area contributed by atoms with Gasteiger partial charge in [0, 0.05) is 6.42 Å². The molecule has 3 atom stereocenters. The molecule has 8 nitrogen and oxygen atoms in total. The molecule has 0 aliphatic rings. The van der Waals surface area contributed by atoms with Crippen molar-refractivity contribution in [2.45, 2.75) is 302 Å². The fourth-order valence-electron chi connectivity index (χ4n) is 9.30. The number of carbonyl (C=O) groups excluding carboxylic acids is 1. The molecule has 0 saturated carbocycles. The molecule has 0 radical (unpaired) electrons. The van der Waals surface area contributed by atoms with Crippen LogP contribution in [0.5, 0.6) is 0 Å². The molecule has 3 unspecified atom stereocenters. The van der Waals surface area contributed by atoms with E-state index in [0.717, 1.165) is 70.6 Å². The normalized spacial score (nSPS) is 14.3. The van der Waals surface area contributed by atoms with E-state index in [1.54, 1.807) is 6.08 Å². The van der Waals surface area contributed by atoms with Crippen molar-refractivity contribution < 1.29 is 32.9 Å². The van der Waals surface area contributed by atoms with Gasteiger partial charge in [0.25, 0.3) is 0 Å². The predicted octanol–water partition coefficient (Wildman–Crippen LogP) is 20.4. The van der Waals surface area contributed by atoms with Gasteiger partial charge in [0.05, 0.1) is 39.9 Å². The molecular formula is C68H126N2O6P+. The Morgan fingerprint density at radius 1 is 0.455 bits per heavy atom. The number of rotatable bonds is 59. The van der Waals surface area contributed by atoms with Crippen LogP contribution in [0.2, 0.25) is 0 Å². The first kappa shape index (κ1) is 74.7. The van der Waals surface area contributed by atoms with Gasteiger partial charge >= 0.3 is 7.82 Å². The van der Waals surface area contributed by atoms with Gasteiger partial charge in [-0.05, 0) is 83.5 Å². The Morgan fingerprint density at radius 2 is 0.792 bits per heavy atom. The first-order valence-electron chi connectivity index (χ1n) is 32.5. The van der Waals surface area contributed by atoms with Crippen molar-refractivity contribution in [2.24, 2.45) is 0 Å². The highest BCUT2D eigenvalue weighted by atomic mass is 31.2. The summed E-state index contributed by atoms with van der Waals surface area (Å²) in [5.74, 6) is -0.189. The van der Waals surface area contributed by atoms with E-state index in [1.165, 1.54) is 199 Å². The number of amides is 1. The van der Waals surface area contributed by atoms with Crippen molar-refractivity contribution in [2.75, 3.05) is 40.9 Å². The van der Waals surface area contributed by atoms with Gasteiger partial charge in [-0.15, -0.1) is 0 Å². The van der Waals surface area contributed by atoms with E-state index in [2.05, 4.69) is 92.1 Å². The minimum absolute atomic E-state index is 0.0529. The van der Waals surface area contributed by atoms with Crippen LogP contribution in [0, 0.1) is 0 Å². The van der Waals surface area contributed by atoms with Crippen LogP contribution in [0.1, 0.15) is 290 Å². The molecule has 0 heterocycles. The third-order valence-electron chi connectivity index (χ3n) is 14.3. The summed E-state index contributed by atoms with van der Waals surface area (Å²) >= 11 is 0. The SMILES string of the molecule is CC/C=C\C/C=C\C/C=C\C/C=C\CCCCCCCCCCCCCCCCCCCCCCCCCCCCCCC(=O)NC(COP(=O)(O)OCC[N+](C)(C)C)C(O)/C=C/CC/C=C/CC/C=C/CCCCCC. The number of quaternary nitrogens is 1. The number of hydrogen-bond donors (Lipinski definition) is 3. The number of phosphoric ester groups is 1. The van der Waals surface area contributed by atoms with E-state index in [0.29, 0.717) is 17.4 Å². The highest BCUT2D eigenvalue weighted by Gasteiger charge is 2.27. The zero-order chi connectivity index (χ0) is 56.3. The molecule has 0 aliphatic carbocycles. The van der Waals surface area contributed by atoms with Crippen LogP contribution in [-0.4, -0.2) is 73.4 Å². The molecule has 0 saturated heterocycles. The van der Waals surface area contributed by atoms with Gasteiger partial charge in [-0.2, -0.15) is 0 Å². The Kier molecular flexibility index (Phi) is 56.6. The Hall–Kier alpha value is -2.32. The van der Waals surface area contributed by atoms with E-state index in [1.807, 2.05) is 27.2 Å². The van der Waals surface area contributed by atoms with Crippen molar-refractivity contribution in [1.29, 1.82) is 0 Å². The van der Waals surface area contributed by atoms with Crippen molar-refractivity contribution in [3.8, 4) is 0 Å². The summed E-state index contributed by atoms with van der Waals surface area (Å²) in [5.41, 5.74) is 0. The number of aliphatic hydroxyl groups excluding tert-OH is 1. The molecule has 0 aromatic rings. The summed E-state index contributed by atoms with van der Waals surface area (Å²) in [6.07, 6.45) is 83.1. The smallest absolute Gasteiger partial charge is 0.387 e. The second-order valence-corrected chi connectivity index (χ2v) is 24.5. The fraction of sp³-hybridized carbons (Fsp3) is 0.779. The van der Waals surface area contributed by atoms with Gasteiger partial charge in [0.1, 0.15) is 13.2 Å². The fourth-order valence-corrected chi connectivity index (χ4v) is 10.0. The number of nitrogens with zero attached hydrogens (tertiary/aromatic N) is 1. The minimum atomic E-state index is -4.36. The maximum absolute atomic E-state index is 13.0. The van der Waals surface area contributed by atoms with Crippen molar-refractivity contribution in [1.82, 2.24) is 5.32 Å². The molecule has 0 rings (SSSR count). The van der Waals surface area contributed by atoms with E-state index in [9.17, 15) is 19.4 Å². The Bertz CT molecular complexity index is 1530. The van der Waals surface area contributed by atoms with Crippen molar-refractivity contribution in [3.63, 3.8) is 0 Å². The third kappa shape index (κ3) is 61.2. The van der Waals surface area contributed by atoms with Crippen LogP contribution in [0.3, 0.4) is 0 Å². The van der Waals surface area contributed by atoms with Gasteiger partial charge < -0.3 is 19.8 Å². The van der Waals surface area contributed by atoms with Gasteiger partial charge in [0.2, 0.25) is 5.91 Å². The molecular weight excluding hydrogens is 972 g/mol. The molecule has 0 aliphatic heterocycles. The molecule has 9 heteroatoms. The minimum Gasteiger partial charge on any atom is -0.387 e. The first-order chi connectivity index (χ1) is 37.5. The molecule has 77 heavy (non-hydrogen) atoms. The lowest BCUT2D eigenvalue weighted by atomic mass is 10.0. The summed E-state index contributed by atoms with van der Waals surface area (Å²) in [4.78, 5) is 23.3. The lowest BCUT2D eigenvalue weighted by molar-refractivity contribution is -0.870. The van der Waals surface area contributed by atoms with Crippen LogP contribution in [0.15, 0.2) is 85.1 Å². The zero-order valence-corrected chi connectivity index (χ0v) is 52.1. The van der Waals surface area contributed by atoms with E-state index in [-0.39, 0.29) is 19.1 Å². The molecule has 1 amide bonds. The standard InChI is InChI=1S/C68H125N2O6P/c1-6-8-10-12-14-16-18-20-22-23-24-25-26-27-28-29-30-31-32-33-34-35-36-37-38-39-40-41-42-43-44-45-46-47-48-50-52-54-56-58-60-62-68(72)69-66(65-76-77(73,74)75-64-63-70(3,4)5)67(71)61-59-57-55-53-51-49-21-19-17-15-13-11-9-7-2/h8,10,14,16-17,19-20,22,24-25,51,53,59,61,66-67,71H,6-7,9,11-13,15,18,21,23,26-50,52,54-58,60,62-65H2,1-5H3,(H-,69,72,73,74)/p+1/b10-8-,16-14-,19-17+,22-20-,25-24-,53-51+,61-59+. The highest BCUT2D eigenvalue weighted by Crippen LogP contribution is 2.43. The molecule has 0 bridgehead atoms. The third-order valence-corrected chi connectivity index (χ3v) is 15.3. The summed E-state index contributed by atoms with van der Waals surface area (Å²) in [6.45, 7) is 4.66. The van der Waals surface area contributed by atoms with E-state index in [4.69, 9.17) is 9.05 Å². The molecule has 0 aromatic heterocycles. The number of aliphatic hydroxyl groups is 1. The predicted molar refractivity (Wildman–Crippen MR) is 336 cm³/mol. The second kappa shape index (κ2) is 58.3. The average molecular weight is 1100 g/mol. The van der Waals surface area contributed by atoms with Crippen LogP contribution in [-0.2, 0) is 18.4 Å². The lowest BCUT2D eigenvalue weighted by Gasteiger charge is -2.25. The van der Waals surface area contributed by atoms with Gasteiger partial charge in [-0.25, -0.2) is 4.57 Å². The van der Waals surface area contributed by atoms with Crippen LogP contribution < -0.4 is 5.32 Å². The van der Waals surface area contributed by atoms with Crippen molar-refractivity contribution in [3.05, 3.63) is 85.1 Å². The molecule has 0 aromatic carbocycles. The average Bonchev–Trinajstić information content (AvgIpc) is 3.39. The van der Waals surface area contributed by atoms with Gasteiger partial charge in [0.15, 0.2) is 0 Å². The van der Waals surface area contributed by atoms with E-state index >= 15 is 0 Å². The number of hydrogen-bond acceptors (Lipinski definition) is 5. The maximum Gasteiger partial charge on any atom is 0.472 e. The maximum atomic E-state index is 13.0. The highest BCUT2D eigenvalue weighted by molar-refractivity contribution is 7.47. The summed E-state index contributed by atoms with van der Waals surface area (Å²) in [5, 5.41) is 13.9. The Balaban J connectivity index is 3.88. The van der Waals surface area contributed by atoms with Crippen LogP contribution in [0.4, 0.5) is 0 Å². The number of unbranched alkanes of at least 4 members (excludes halogenated alkanes) is 34. The van der Waals surface area contributed by atoms with Crippen LogP contribution in [0.25, 0.3) is 0 Å². The molecule has 448 valence electrons. The quantitative estimate of drug-likeness (QED) is 0.0243. The molecule has 0 fully saturated rings. The Morgan fingerprint density at radius 3 is 1.19 bits per heavy atom. The molecule has 3 N–H and O–H groups in total. The number of carbonyl (C=O) groups is 1. The van der Waals surface area contributed by atoms with Crippen molar-refractivity contribution >= 4 is 13.7 Å². The number of allylic oxidation sites excluding steroid dienone is 13. The first-order valence-corrected chi connectivity index (χ1v) is 34.0. The zero-order valence-electron chi connectivity index (χ0n) is 51.2. The van der Waals surface area contributed by atoms with Gasteiger partial charge in [-0.3, -0.25) is 13.8 Å². The monoisotopic (exact) mass is 1100 g/mol. The number of likely N-dealkylation sites (N-methyl/N-ethyl adjacent to an activating group) is 1. The van der Waals surface area contributed by atoms with E-state index < -0.39 is 20.0 Å². The lowest BCUT2D eigenvalue weighted by Crippen LogP contribution is -2.45. The summed E-state index contributed by atoms with van der Waals surface area (Å²) < 4.78 is 23.7. The summed E-state index contributed by atoms with van der Waals surface area (Å²) in [7, 11) is 1.55. The topological polar surface area (TPSA) is 105 Å². The Labute approximate surface area is 477 Å². The summed E-state index contributed by atoms with van der Waals surface area (Å²) in [6, 6.07) is -0.870. The number of phosphoric acid groups is 1.